The highest BCUT2D eigenvalue weighted by Gasteiger charge is 2.32. The van der Waals surface area contributed by atoms with Gasteiger partial charge in [-0.05, 0) is 56.5 Å². The molecule has 0 unspecified atom stereocenters. The molecule has 0 aliphatic heterocycles. The summed E-state index contributed by atoms with van der Waals surface area (Å²) in [6.07, 6.45) is 1.42. The van der Waals surface area contributed by atoms with Crippen LogP contribution in [0.5, 0.6) is 0 Å². The first-order valence-electron chi connectivity index (χ1n) is 9.17. The molecule has 152 valence electrons. The van der Waals surface area contributed by atoms with E-state index in [0.29, 0.717) is 17.1 Å². The molecule has 0 spiro atoms. The smallest absolute Gasteiger partial charge is 0.244 e. The topological polar surface area (TPSA) is 66.5 Å². The number of hydrogen-bond acceptors (Lipinski definition) is 3. The van der Waals surface area contributed by atoms with Crippen LogP contribution in [0.1, 0.15) is 43.0 Å². The predicted octanol–water partition coefficient (Wildman–Crippen LogP) is 4.38. The van der Waals surface area contributed by atoms with Crippen LogP contribution in [-0.4, -0.2) is 26.6 Å². The van der Waals surface area contributed by atoms with E-state index in [2.05, 4.69) is 5.32 Å². The van der Waals surface area contributed by atoms with Crippen molar-refractivity contribution in [2.45, 2.75) is 46.2 Å². The highest BCUT2D eigenvalue weighted by atomic mass is 35.5. The second-order valence-electron chi connectivity index (χ2n) is 7.05. The van der Waals surface area contributed by atoms with Crippen molar-refractivity contribution in [3.63, 3.8) is 0 Å². The second kappa shape index (κ2) is 8.97. The maximum absolute atomic E-state index is 13.1. The van der Waals surface area contributed by atoms with E-state index in [1.54, 1.807) is 31.2 Å². The van der Waals surface area contributed by atoms with Crippen molar-refractivity contribution in [3.05, 3.63) is 64.2 Å². The summed E-state index contributed by atoms with van der Waals surface area (Å²) in [6, 6.07) is 11.5. The third kappa shape index (κ3) is 5.26. The molecular weight excluding hydrogens is 396 g/mol. The molecule has 0 aliphatic carbocycles. The van der Waals surface area contributed by atoms with Gasteiger partial charge in [0.2, 0.25) is 15.9 Å². The van der Waals surface area contributed by atoms with E-state index in [1.807, 2.05) is 39.0 Å². The maximum atomic E-state index is 13.1. The number of sulfonamides is 1. The van der Waals surface area contributed by atoms with Crippen LogP contribution in [0.4, 0.5) is 5.69 Å². The van der Waals surface area contributed by atoms with Gasteiger partial charge in [0.05, 0.1) is 18.0 Å². The number of carbonyl (C=O) groups excluding carboxylic acids is 1. The third-order valence-corrected chi connectivity index (χ3v) is 6.07. The van der Waals surface area contributed by atoms with E-state index >= 15 is 0 Å². The van der Waals surface area contributed by atoms with Crippen LogP contribution < -0.4 is 9.62 Å². The highest BCUT2D eigenvalue weighted by Crippen LogP contribution is 2.26. The van der Waals surface area contributed by atoms with Crippen LogP contribution in [0.15, 0.2) is 42.5 Å². The SMILES string of the molecule is CC[C@H](C(=O)N[C@@H](C)c1cc(C)ccc1C)N(c1cccc(Cl)c1)S(C)(=O)=O. The molecule has 0 radical (unpaired) electrons. The molecule has 1 N–H and O–H groups in total. The molecule has 2 rings (SSSR count). The first-order valence-corrected chi connectivity index (χ1v) is 11.4. The lowest BCUT2D eigenvalue weighted by molar-refractivity contribution is -0.122. The van der Waals surface area contributed by atoms with Crippen molar-refractivity contribution in [1.82, 2.24) is 5.32 Å². The lowest BCUT2D eigenvalue weighted by atomic mass is 9.99. The first-order chi connectivity index (χ1) is 13.0. The molecule has 2 aromatic carbocycles. The van der Waals surface area contributed by atoms with Gasteiger partial charge in [0.1, 0.15) is 6.04 Å². The fourth-order valence-electron chi connectivity index (χ4n) is 3.29. The van der Waals surface area contributed by atoms with Gasteiger partial charge in [-0.25, -0.2) is 8.42 Å². The van der Waals surface area contributed by atoms with Crippen LogP contribution in [0.2, 0.25) is 5.02 Å². The molecule has 2 atom stereocenters. The van der Waals surface area contributed by atoms with Gasteiger partial charge in [0, 0.05) is 5.02 Å². The quantitative estimate of drug-likeness (QED) is 0.720. The summed E-state index contributed by atoms with van der Waals surface area (Å²) < 4.78 is 26.2. The number of benzene rings is 2. The summed E-state index contributed by atoms with van der Waals surface area (Å²) in [6.45, 7) is 7.67. The van der Waals surface area contributed by atoms with Gasteiger partial charge < -0.3 is 5.32 Å². The number of nitrogens with zero attached hydrogens (tertiary/aromatic N) is 1. The summed E-state index contributed by atoms with van der Waals surface area (Å²) in [5, 5.41) is 3.38. The van der Waals surface area contributed by atoms with E-state index in [9.17, 15) is 13.2 Å². The number of nitrogens with one attached hydrogen (secondary N) is 1. The van der Waals surface area contributed by atoms with Gasteiger partial charge >= 0.3 is 0 Å². The minimum Gasteiger partial charge on any atom is -0.348 e. The standard InChI is InChI=1S/C21H27ClN2O3S/c1-6-20(24(28(5,26)27)18-9-7-8-17(22)13-18)21(25)23-16(4)19-12-14(2)10-11-15(19)3/h7-13,16,20H,6H2,1-5H3,(H,23,25)/t16-,20+/m0/s1. The van der Waals surface area contributed by atoms with Crippen molar-refractivity contribution in [2.24, 2.45) is 0 Å². The van der Waals surface area contributed by atoms with Gasteiger partial charge in [0.25, 0.3) is 0 Å². The molecule has 1 amide bonds. The van der Waals surface area contributed by atoms with Crippen LogP contribution in [0, 0.1) is 13.8 Å². The number of aryl methyl sites for hydroxylation is 2. The van der Waals surface area contributed by atoms with Crippen molar-refractivity contribution >= 4 is 33.2 Å². The monoisotopic (exact) mass is 422 g/mol. The molecule has 0 aliphatic rings. The largest absolute Gasteiger partial charge is 0.348 e. The Morgan fingerprint density at radius 3 is 2.43 bits per heavy atom. The first kappa shape index (κ1) is 22.2. The zero-order valence-corrected chi connectivity index (χ0v) is 18.4. The molecular formula is C21H27ClN2O3S. The summed E-state index contributed by atoms with van der Waals surface area (Å²) in [5.41, 5.74) is 3.56. The molecule has 28 heavy (non-hydrogen) atoms. The molecule has 0 bridgehead atoms. The number of amides is 1. The van der Waals surface area contributed by atoms with Crippen molar-refractivity contribution < 1.29 is 13.2 Å². The Hall–Kier alpha value is -2.05. The fraction of sp³-hybridized carbons (Fsp3) is 0.381. The number of carbonyl (C=O) groups is 1. The van der Waals surface area contributed by atoms with Crippen LogP contribution in [-0.2, 0) is 14.8 Å². The normalized spacial score (nSPS) is 13.6. The molecule has 0 heterocycles. The Morgan fingerprint density at radius 1 is 1.18 bits per heavy atom. The minimum absolute atomic E-state index is 0.248. The van der Waals surface area contributed by atoms with Gasteiger partial charge in [-0.1, -0.05) is 48.4 Å². The highest BCUT2D eigenvalue weighted by molar-refractivity contribution is 7.92. The summed E-state index contributed by atoms with van der Waals surface area (Å²) in [4.78, 5) is 13.1. The summed E-state index contributed by atoms with van der Waals surface area (Å²) >= 11 is 6.04. The number of anilines is 1. The third-order valence-electron chi connectivity index (χ3n) is 4.65. The van der Waals surface area contributed by atoms with E-state index in [1.165, 1.54) is 0 Å². The zero-order chi connectivity index (χ0) is 21.1. The van der Waals surface area contributed by atoms with E-state index in [-0.39, 0.29) is 11.9 Å². The summed E-state index contributed by atoms with van der Waals surface area (Å²) in [5.74, 6) is -0.346. The number of rotatable bonds is 7. The number of halogens is 1. The Kier molecular flexibility index (Phi) is 7.12. The maximum Gasteiger partial charge on any atom is 0.244 e. The molecule has 7 heteroatoms. The summed E-state index contributed by atoms with van der Waals surface area (Å²) in [7, 11) is -3.69. The number of hydrogen-bond donors (Lipinski definition) is 1. The van der Waals surface area contributed by atoms with Crippen molar-refractivity contribution in [3.8, 4) is 0 Å². The molecule has 0 saturated carbocycles. The Morgan fingerprint density at radius 2 is 1.86 bits per heavy atom. The van der Waals surface area contributed by atoms with Crippen molar-refractivity contribution in [1.29, 1.82) is 0 Å². The predicted molar refractivity (Wildman–Crippen MR) is 115 cm³/mol. The molecule has 0 fully saturated rings. The van der Waals surface area contributed by atoms with Crippen LogP contribution in [0.3, 0.4) is 0 Å². The van der Waals surface area contributed by atoms with Gasteiger partial charge in [-0.15, -0.1) is 0 Å². The Labute approximate surface area is 172 Å². The molecule has 0 saturated heterocycles. The van der Waals surface area contributed by atoms with Gasteiger partial charge in [-0.3, -0.25) is 9.10 Å². The zero-order valence-electron chi connectivity index (χ0n) is 16.9. The van der Waals surface area contributed by atoms with Crippen LogP contribution >= 0.6 is 11.6 Å². The molecule has 2 aromatic rings. The fourth-order valence-corrected chi connectivity index (χ4v) is 4.68. The van der Waals surface area contributed by atoms with Gasteiger partial charge in [0.15, 0.2) is 0 Å². The van der Waals surface area contributed by atoms with Crippen molar-refractivity contribution in [2.75, 3.05) is 10.6 Å². The minimum atomic E-state index is -3.69. The van der Waals surface area contributed by atoms with Gasteiger partial charge in [-0.2, -0.15) is 0 Å². The molecule has 0 aromatic heterocycles. The average Bonchev–Trinajstić information content (AvgIpc) is 2.60. The lowest BCUT2D eigenvalue weighted by Crippen LogP contribution is -2.49. The van der Waals surface area contributed by atoms with Crippen LogP contribution in [0.25, 0.3) is 0 Å². The lowest BCUT2D eigenvalue weighted by Gasteiger charge is -2.31. The average molecular weight is 423 g/mol. The molecule has 5 nitrogen and oxygen atoms in total. The van der Waals surface area contributed by atoms with E-state index < -0.39 is 16.1 Å². The second-order valence-corrected chi connectivity index (χ2v) is 9.35. The van der Waals surface area contributed by atoms with E-state index in [4.69, 9.17) is 11.6 Å². The Balaban J connectivity index is 2.35. The van der Waals surface area contributed by atoms with E-state index in [0.717, 1.165) is 27.3 Å². The Bertz CT molecular complexity index is 960.